The van der Waals surface area contributed by atoms with Gasteiger partial charge in [-0.3, -0.25) is 0 Å². The molecule has 0 amide bonds. The largest absolute Gasteiger partial charge is 0.453 e. The molecular formula is C45H31NO. The van der Waals surface area contributed by atoms with Crippen molar-refractivity contribution in [1.29, 1.82) is 0 Å². The average Bonchev–Trinajstić information content (AvgIpc) is 3.35. The molecule has 0 fully saturated rings. The number of hydrogen-bond acceptors (Lipinski definition) is 2. The number of nitrogens with zero attached hydrogens (tertiary/aromatic N) is 1. The summed E-state index contributed by atoms with van der Waals surface area (Å²) in [6.07, 6.45) is 0. The molecule has 0 saturated heterocycles. The van der Waals surface area contributed by atoms with Crippen molar-refractivity contribution >= 4 is 49.4 Å². The second kappa shape index (κ2) is 9.57. The van der Waals surface area contributed by atoms with E-state index in [0.717, 1.165) is 34.1 Å². The SMILES string of the molecule is CC1(C)c2ccccc2-c2cc3c(cc21)N(c1ccccc1)c1ccc(-c2ccc4c5ccccc5c5ccccc5c4c2)cc1O3. The molecule has 222 valence electrons. The Hall–Kier alpha value is -5.86. The summed E-state index contributed by atoms with van der Waals surface area (Å²) in [5.41, 5.74) is 10.7. The second-order valence-corrected chi connectivity index (χ2v) is 13.3. The lowest BCUT2D eigenvalue weighted by Gasteiger charge is -2.34. The molecule has 0 unspecified atom stereocenters. The highest BCUT2D eigenvalue weighted by molar-refractivity contribution is 6.25. The van der Waals surface area contributed by atoms with Crippen molar-refractivity contribution in [2.45, 2.75) is 19.3 Å². The number of ether oxygens (including phenoxy) is 1. The molecule has 0 saturated carbocycles. The summed E-state index contributed by atoms with van der Waals surface area (Å²) in [4.78, 5) is 2.36. The van der Waals surface area contributed by atoms with Crippen molar-refractivity contribution in [3.05, 3.63) is 163 Å². The number of para-hydroxylation sites is 1. The molecule has 0 bridgehead atoms. The lowest BCUT2D eigenvalue weighted by molar-refractivity contribution is 0.477. The van der Waals surface area contributed by atoms with Gasteiger partial charge in [0.1, 0.15) is 0 Å². The number of hydrogen-bond donors (Lipinski definition) is 0. The maximum Gasteiger partial charge on any atom is 0.152 e. The first-order valence-corrected chi connectivity index (χ1v) is 16.4. The number of fused-ring (bicyclic) bond motifs is 11. The Kier molecular flexibility index (Phi) is 5.37. The van der Waals surface area contributed by atoms with Gasteiger partial charge in [0.15, 0.2) is 11.5 Å². The Labute approximate surface area is 274 Å². The van der Waals surface area contributed by atoms with Crippen LogP contribution in [0.4, 0.5) is 17.1 Å². The third kappa shape index (κ3) is 3.73. The molecule has 1 aliphatic heterocycles. The maximum absolute atomic E-state index is 6.87. The predicted octanol–water partition coefficient (Wildman–Crippen LogP) is 12.7. The van der Waals surface area contributed by atoms with Crippen LogP contribution >= 0.6 is 0 Å². The Morgan fingerprint density at radius 2 is 1.00 bits per heavy atom. The predicted molar refractivity (Wildman–Crippen MR) is 197 cm³/mol. The average molecular weight is 602 g/mol. The fraction of sp³-hybridized carbons (Fsp3) is 0.0667. The maximum atomic E-state index is 6.87. The molecule has 2 aliphatic rings. The minimum absolute atomic E-state index is 0.0982. The van der Waals surface area contributed by atoms with Gasteiger partial charge in [-0.15, -0.1) is 0 Å². The smallest absolute Gasteiger partial charge is 0.152 e. The first-order chi connectivity index (χ1) is 23.1. The molecule has 2 nitrogen and oxygen atoms in total. The summed E-state index contributed by atoms with van der Waals surface area (Å²) in [6.45, 7) is 4.66. The van der Waals surface area contributed by atoms with Crippen LogP contribution in [0.25, 0.3) is 54.6 Å². The van der Waals surface area contributed by atoms with Crippen LogP contribution in [-0.4, -0.2) is 0 Å². The van der Waals surface area contributed by atoms with Crippen LogP contribution in [0.15, 0.2) is 152 Å². The molecule has 1 heterocycles. The summed E-state index contributed by atoms with van der Waals surface area (Å²) in [6, 6.07) is 55.1. The van der Waals surface area contributed by atoms with E-state index in [9.17, 15) is 0 Å². The summed E-state index contributed by atoms with van der Waals surface area (Å²) in [5.74, 6) is 1.73. The van der Waals surface area contributed by atoms with E-state index in [1.165, 1.54) is 60.1 Å². The van der Waals surface area contributed by atoms with Gasteiger partial charge in [-0.2, -0.15) is 0 Å². The van der Waals surface area contributed by atoms with Crippen LogP contribution < -0.4 is 9.64 Å². The fourth-order valence-corrected chi connectivity index (χ4v) is 8.12. The molecule has 0 N–H and O–H groups in total. The molecule has 10 rings (SSSR count). The minimum atomic E-state index is -0.0982. The first kappa shape index (κ1) is 26.4. The Morgan fingerprint density at radius 1 is 0.426 bits per heavy atom. The van der Waals surface area contributed by atoms with Crippen molar-refractivity contribution in [3.63, 3.8) is 0 Å². The normalized spacial score (nSPS) is 14.0. The summed E-state index contributed by atoms with van der Waals surface area (Å²) < 4.78 is 6.87. The van der Waals surface area contributed by atoms with Gasteiger partial charge in [0.25, 0.3) is 0 Å². The Balaban J connectivity index is 1.16. The quantitative estimate of drug-likeness (QED) is 0.183. The van der Waals surface area contributed by atoms with Crippen LogP contribution in [0.1, 0.15) is 25.0 Å². The van der Waals surface area contributed by atoms with Gasteiger partial charge in [-0.1, -0.05) is 123 Å². The standard InChI is InChI=1S/C45H31NO/c1-45(2)39-19-11-10-18-36(39)38-26-44-42(27-40(38)45)46(30-12-4-3-5-13-30)41-23-21-29(25-43(41)47-44)28-20-22-35-33-16-7-6-14-31(33)32-15-8-9-17-34(32)37(35)24-28/h3-27H,1-2H3. The summed E-state index contributed by atoms with van der Waals surface area (Å²) in [7, 11) is 0. The van der Waals surface area contributed by atoms with Crippen molar-refractivity contribution < 1.29 is 4.74 Å². The van der Waals surface area contributed by atoms with E-state index in [2.05, 4.69) is 170 Å². The molecule has 1 aliphatic carbocycles. The van der Waals surface area contributed by atoms with Crippen molar-refractivity contribution in [2.24, 2.45) is 0 Å². The molecule has 2 heteroatoms. The van der Waals surface area contributed by atoms with Gasteiger partial charge in [0, 0.05) is 11.1 Å². The molecule has 8 aromatic carbocycles. The lowest BCUT2D eigenvalue weighted by atomic mass is 9.82. The molecule has 47 heavy (non-hydrogen) atoms. The number of rotatable bonds is 2. The Morgan fingerprint density at radius 3 is 1.74 bits per heavy atom. The van der Waals surface area contributed by atoms with E-state index in [1.807, 2.05) is 0 Å². The van der Waals surface area contributed by atoms with Gasteiger partial charge >= 0.3 is 0 Å². The third-order valence-corrected chi connectivity index (χ3v) is 10.4. The molecule has 0 spiro atoms. The van der Waals surface area contributed by atoms with Crippen molar-refractivity contribution in [3.8, 4) is 33.8 Å². The minimum Gasteiger partial charge on any atom is -0.453 e. The molecule has 0 atom stereocenters. The van der Waals surface area contributed by atoms with Crippen LogP contribution in [0.2, 0.25) is 0 Å². The van der Waals surface area contributed by atoms with E-state index in [1.54, 1.807) is 0 Å². The van der Waals surface area contributed by atoms with Crippen LogP contribution in [0, 0.1) is 0 Å². The van der Waals surface area contributed by atoms with Crippen LogP contribution in [0.3, 0.4) is 0 Å². The van der Waals surface area contributed by atoms with E-state index in [4.69, 9.17) is 4.74 Å². The topological polar surface area (TPSA) is 12.5 Å². The number of anilines is 3. The van der Waals surface area contributed by atoms with E-state index in [-0.39, 0.29) is 5.41 Å². The highest BCUT2D eigenvalue weighted by Crippen LogP contribution is 2.57. The van der Waals surface area contributed by atoms with Crippen molar-refractivity contribution in [1.82, 2.24) is 0 Å². The van der Waals surface area contributed by atoms with Gasteiger partial charge < -0.3 is 9.64 Å². The second-order valence-electron chi connectivity index (χ2n) is 13.3. The van der Waals surface area contributed by atoms with Crippen LogP contribution in [-0.2, 0) is 5.41 Å². The first-order valence-electron chi connectivity index (χ1n) is 16.4. The lowest BCUT2D eigenvalue weighted by Crippen LogP contribution is -2.19. The van der Waals surface area contributed by atoms with Gasteiger partial charge in [-0.05, 0) is 108 Å². The molecule has 0 radical (unpaired) electrons. The highest BCUT2D eigenvalue weighted by Gasteiger charge is 2.38. The molecular weight excluding hydrogens is 571 g/mol. The zero-order valence-corrected chi connectivity index (χ0v) is 26.3. The Bertz CT molecular complexity index is 2540. The van der Waals surface area contributed by atoms with E-state index >= 15 is 0 Å². The molecule has 8 aromatic rings. The molecule has 0 aromatic heterocycles. The van der Waals surface area contributed by atoms with E-state index < -0.39 is 0 Å². The third-order valence-electron chi connectivity index (χ3n) is 10.4. The number of benzene rings is 8. The van der Waals surface area contributed by atoms with E-state index in [0.29, 0.717) is 0 Å². The zero-order chi connectivity index (χ0) is 31.3. The van der Waals surface area contributed by atoms with Gasteiger partial charge in [-0.25, -0.2) is 0 Å². The highest BCUT2D eigenvalue weighted by atomic mass is 16.5. The summed E-state index contributed by atoms with van der Waals surface area (Å²) >= 11 is 0. The van der Waals surface area contributed by atoms with Crippen LogP contribution in [0.5, 0.6) is 11.5 Å². The monoisotopic (exact) mass is 601 g/mol. The van der Waals surface area contributed by atoms with Crippen molar-refractivity contribution in [2.75, 3.05) is 4.90 Å². The fourth-order valence-electron chi connectivity index (χ4n) is 8.12. The summed E-state index contributed by atoms with van der Waals surface area (Å²) in [5, 5.41) is 7.69. The van der Waals surface area contributed by atoms with Gasteiger partial charge in [0.05, 0.1) is 11.4 Å². The van der Waals surface area contributed by atoms with Gasteiger partial charge in [0.2, 0.25) is 0 Å². The zero-order valence-electron chi connectivity index (χ0n) is 26.3.